The molecule has 0 bridgehead atoms. The van der Waals surface area contributed by atoms with Crippen LogP contribution in [0, 0.1) is 12.7 Å². The van der Waals surface area contributed by atoms with Crippen LogP contribution in [0.15, 0.2) is 40.9 Å². The lowest BCUT2D eigenvalue weighted by Gasteiger charge is -2.09. The third kappa shape index (κ3) is 2.52. The molecule has 21 heavy (non-hydrogen) atoms. The van der Waals surface area contributed by atoms with Gasteiger partial charge in [0.1, 0.15) is 5.82 Å². The van der Waals surface area contributed by atoms with Crippen molar-refractivity contribution in [3.63, 3.8) is 0 Å². The average Bonchev–Trinajstić information content (AvgIpc) is 2.90. The quantitative estimate of drug-likeness (QED) is 0.723. The van der Waals surface area contributed by atoms with Gasteiger partial charge in [0, 0.05) is 15.7 Å². The summed E-state index contributed by atoms with van der Waals surface area (Å²) >= 11 is 3.33. The van der Waals surface area contributed by atoms with Crippen molar-refractivity contribution in [2.45, 2.75) is 6.92 Å². The lowest BCUT2D eigenvalue weighted by atomic mass is 10.1. The van der Waals surface area contributed by atoms with Gasteiger partial charge in [0.15, 0.2) is 5.82 Å². The molecule has 0 fully saturated rings. The lowest BCUT2D eigenvalue weighted by molar-refractivity contribution is 0.625. The summed E-state index contributed by atoms with van der Waals surface area (Å²) in [7, 11) is 0. The fourth-order valence-electron chi connectivity index (χ4n) is 2.05. The molecule has 0 aliphatic heterocycles. The number of nitrogen functional groups attached to an aromatic ring is 1. The second kappa shape index (κ2) is 5.25. The zero-order valence-electron chi connectivity index (χ0n) is 11.1. The lowest BCUT2D eigenvalue weighted by Crippen LogP contribution is -2.02. The maximum atomic E-state index is 13.2. The van der Waals surface area contributed by atoms with E-state index < -0.39 is 0 Å². The molecule has 1 heterocycles. The standard InChI is InChI=1S/C14H11BrFN5/c1-8-2-4-10(17)7-11(8)14-18-19-20-21(14)13-5-3-9(16)6-12(13)15/h2-7H,17H2,1H3. The predicted molar refractivity (Wildman–Crippen MR) is 81.4 cm³/mol. The predicted octanol–water partition coefficient (Wildman–Crippen LogP) is 3.12. The molecule has 0 unspecified atom stereocenters. The van der Waals surface area contributed by atoms with Gasteiger partial charge >= 0.3 is 0 Å². The van der Waals surface area contributed by atoms with Crippen LogP contribution in [0.3, 0.4) is 0 Å². The summed E-state index contributed by atoms with van der Waals surface area (Å²) in [5.74, 6) is 0.215. The molecule has 106 valence electrons. The molecular weight excluding hydrogens is 337 g/mol. The van der Waals surface area contributed by atoms with Crippen molar-refractivity contribution in [2.24, 2.45) is 0 Å². The van der Waals surface area contributed by atoms with E-state index in [4.69, 9.17) is 5.73 Å². The summed E-state index contributed by atoms with van der Waals surface area (Å²) in [5, 5.41) is 11.8. The van der Waals surface area contributed by atoms with Crippen molar-refractivity contribution in [3.05, 3.63) is 52.3 Å². The Morgan fingerprint density at radius 1 is 1.19 bits per heavy atom. The molecule has 0 radical (unpaired) electrons. The van der Waals surface area contributed by atoms with Crippen LogP contribution >= 0.6 is 15.9 Å². The SMILES string of the molecule is Cc1ccc(N)cc1-c1nnnn1-c1ccc(F)cc1Br. The molecule has 0 saturated carbocycles. The number of nitrogens with zero attached hydrogens (tertiary/aromatic N) is 4. The maximum Gasteiger partial charge on any atom is 0.187 e. The fourth-order valence-corrected chi connectivity index (χ4v) is 2.57. The molecule has 0 aliphatic rings. The Labute approximate surface area is 128 Å². The first-order valence-electron chi connectivity index (χ1n) is 6.16. The van der Waals surface area contributed by atoms with E-state index in [0.29, 0.717) is 21.7 Å². The second-order valence-electron chi connectivity index (χ2n) is 4.58. The molecule has 0 saturated heterocycles. The number of tetrazole rings is 1. The third-order valence-electron chi connectivity index (χ3n) is 3.11. The number of hydrogen-bond acceptors (Lipinski definition) is 4. The zero-order chi connectivity index (χ0) is 15.0. The number of nitrogens with two attached hydrogens (primary N) is 1. The van der Waals surface area contributed by atoms with Gasteiger partial charge in [-0.1, -0.05) is 6.07 Å². The van der Waals surface area contributed by atoms with Crippen molar-refractivity contribution in [1.82, 2.24) is 20.2 Å². The Morgan fingerprint density at radius 2 is 2.00 bits per heavy atom. The molecular formula is C14H11BrFN5. The van der Waals surface area contributed by atoms with Crippen molar-refractivity contribution in [2.75, 3.05) is 5.73 Å². The highest BCUT2D eigenvalue weighted by molar-refractivity contribution is 9.10. The smallest absolute Gasteiger partial charge is 0.187 e. The van der Waals surface area contributed by atoms with Crippen LogP contribution in [-0.4, -0.2) is 20.2 Å². The van der Waals surface area contributed by atoms with Crippen LogP contribution in [0.1, 0.15) is 5.56 Å². The molecule has 7 heteroatoms. The summed E-state index contributed by atoms with van der Waals surface area (Å²) in [4.78, 5) is 0. The number of benzene rings is 2. The van der Waals surface area contributed by atoms with Crippen molar-refractivity contribution < 1.29 is 4.39 Å². The number of anilines is 1. The Hall–Kier alpha value is -2.28. The van der Waals surface area contributed by atoms with E-state index >= 15 is 0 Å². The van der Waals surface area contributed by atoms with E-state index in [-0.39, 0.29) is 5.82 Å². The van der Waals surface area contributed by atoms with Gasteiger partial charge in [-0.25, -0.2) is 4.39 Å². The first kappa shape index (κ1) is 13.7. The number of rotatable bonds is 2. The van der Waals surface area contributed by atoms with Crippen LogP contribution in [0.5, 0.6) is 0 Å². The maximum absolute atomic E-state index is 13.2. The summed E-state index contributed by atoms with van der Waals surface area (Å²) in [6.45, 7) is 1.95. The van der Waals surface area contributed by atoms with Gasteiger partial charge < -0.3 is 5.73 Å². The van der Waals surface area contributed by atoms with Gasteiger partial charge in [-0.15, -0.1) is 5.10 Å². The summed E-state index contributed by atoms with van der Waals surface area (Å²) < 4.78 is 15.3. The van der Waals surface area contributed by atoms with E-state index in [0.717, 1.165) is 11.1 Å². The molecule has 3 aromatic rings. The van der Waals surface area contributed by atoms with E-state index in [9.17, 15) is 4.39 Å². The van der Waals surface area contributed by atoms with E-state index in [1.54, 1.807) is 10.7 Å². The van der Waals surface area contributed by atoms with Gasteiger partial charge in [-0.3, -0.25) is 0 Å². The van der Waals surface area contributed by atoms with Gasteiger partial charge in [0.05, 0.1) is 5.69 Å². The normalized spacial score (nSPS) is 10.8. The second-order valence-corrected chi connectivity index (χ2v) is 5.44. The topological polar surface area (TPSA) is 69.6 Å². The number of hydrogen-bond donors (Lipinski definition) is 1. The molecule has 0 aliphatic carbocycles. The molecule has 0 atom stereocenters. The van der Waals surface area contributed by atoms with Crippen molar-refractivity contribution in [3.8, 4) is 17.1 Å². The molecule has 0 amide bonds. The number of aromatic nitrogens is 4. The molecule has 2 N–H and O–H groups in total. The Balaban J connectivity index is 2.19. The van der Waals surface area contributed by atoms with Crippen molar-refractivity contribution in [1.29, 1.82) is 0 Å². The van der Waals surface area contributed by atoms with Crippen LogP contribution in [0.25, 0.3) is 17.1 Å². The minimum Gasteiger partial charge on any atom is -0.399 e. The van der Waals surface area contributed by atoms with Gasteiger partial charge in [-0.05, 0) is 69.2 Å². The van der Waals surface area contributed by atoms with Gasteiger partial charge in [-0.2, -0.15) is 4.68 Å². The van der Waals surface area contributed by atoms with Gasteiger partial charge in [0.2, 0.25) is 0 Å². The van der Waals surface area contributed by atoms with E-state index in [2.05, 4.69) is 31.5 Å². The number of halogens is 2. The molecule has 5 nitrogen and oxygen atoms in total. The third-order valence-corrected chi connectivity index (χ3v) is 3.75. The zero-order valence-corrected chi connectivity index (χ0v) is 12.7. The summed E-state index contributed by atoms with van der Waals surface area (Å²) in [6, 6.07) is 9.88. The van der Waals surface area contributed by atoms with E-state index in [1.165, 1.54) is 12.1 Å². The van der Waals surface area contributed by atoms with Crippen molar-refractivity contribution >= 4 is 21.6 Å². The molecule has 1 aromatic heterocycles. The average molecular weight is 348 g/mol. The highest BCUT2D eigenvalue weighted by Crippen LogP contribution is 2.28. The molecule has 0 spiro atoms. The Kier molecular flexibility index (Phi) is 3.42. The minimum absolute atomic E-state index is 0.333. The first-order chi connectivity index (χ1) is 10.1. The highest BCUT2D eigenvalue weighted by atomic mass is 79.9. The van der Waals surface area contributed by atoms with Crippen LogP contribution in [0.2, 0.25) is 0 Å². The van der Waals surface area contributed by atoms with Crippen LogP contribution in [0.4, 0.5) is 10.1 Å². The number of aryl methyl sites for hydroxylation is 1. The first-order valence-corrected chi connectivity index (χ1v) is 6.96. The van der Waals surface area contributed by atoms with Crippen LogP contribution in [-0.2, 0) is 0 Å². The summed E-state index contributed by atoms with van der Waals surface area (Å²) in [6.07, 6.45) is 0. The van der Waals surface area contributed by atoms with Gasteiger partial charge in [0.25, 0.3) is 0 Å². The monoisotopic (exact) mass is 347 g/mol. The van der Waals surface area contributed by atoms with E-state index in [1.807, 2.05) is 25.1 Å². The molecule has 3 rings (SSSR count). The summed E-state index contributed by atoms with van der Waals surface area (Å²) in [5.41, 5.74) is 8.94. The fraction of sp³-hybridized carbons (Fsp3) is 0.0714. The largest absolute Gasteiger partial charge is 0.399 e. The minimum atomic E-state index is -0.333. The van der Waals surface area contributed by atoms with Crippen LogP contribution < -0.4 is 5.73 Å². The molecule has 2 aromatic carbocycles. The Bertz CT molecular complexity index is 815. The Morgan fingerprint density at radius 3 is 2.76 bits per heavy atom. The highest BCUT2D eigenvalue weighted by Gasteiger charge is 2.15.